The van der Waals surface area contributed by atoms with Gasteiger partial charge in [0.05, 0.1) is 21.1 Å². The minimum Gasteiger partial charge on any atom is -0.369 e. The fraction of sp³-hybridized carbons (Fsp3) is 0.357. The van der Waals surface area contributed by atoms with E-state index in [0.717, 1.165) is 21.6 Å². The van der Waals surface area contributed by atoms with Crippen molar-refractivity contribution in [3.8, 4) is 0 Å². The van der Waals surface area contributed by atoms with Crippen LogP contribution in [0.25, 0.3) is 10.2 Å². The molecule has 5 nitrogen and oxygen atoms in total. The lowest BCUT2D eigenvalue weighted by Crippen LogP contribution is -2.30. The number of nitrogens with zero attached hydrogens (tertiary/aromatic N) is 2. The van der Waals surface area contributed by atoms with Crippen LogP contribution in [0.15, 0.2) is 24.3 Å². The molecule has 0 bridgehead atoms. The predicted molar refractivity (Wildman–Crippen MR) is 77.2 cm³/mol. The number of hydrogen-bond donors (Lipinski definition) is 1. The highest BCUT2D eigenvalue weighted by Gasteiger charge is 2.32. The zero-order valence-electron chi connectivity index (χ0n) is 10.9. The summed E-state index contributed by atoms with van der Waals surface area (Å²) in [5.74, 6) is -0.714. The van der Waals surface area contributed by atoms with Gasteiger partial charge in [-0.1, -0.05) is 12.1 Å². The zero-order chi connectivity index (χ0) is 14.1. The summed E-state index contributed by atoms with van der Waals surface area (Å²) >= 11 is 1.65. The number of primary amides is 1. The van der Waals surface area contributed by atoms with Crippen LogP contribution in [0.2, 0.25) is 0 Å². The fourth-order valence-corrected chi connectivity index (χ4v) is 3.39. The molecule has 1 aromatic carbocycles. The maximum Gasteiger partial charge on any atom is 0.223 e. The second-order valence-corrected chi connectivity index (χ2v) is 6.08. The number of thiazole rings is 1. The Balaban J connectivity index is 1.64. The van der Waals surface area contributed by atoms with E-state index in [1.165, 1.54) is 0 Å². The van der Waals surface area contributed by atoms with Crippen molar-refractivity contribution in [2.75, 3.05) is 13.1 Å². The maximum absolute atomic E-state index is 11.8. The number of hydrogen-bond acceptors (Lipinski definition) is 4. The van der Waals surface area contributed by atoms with Gasteiger partial charge in [-0.15, -0.1) is 11.3 Å². The molecule has 0 saturated carbocycles. The number of carbonyl (C=O) groups excluding carboxylic acids is 2. The molecule has 1 saturated heterocycles. The van der Waals surface area contributed by atoms with Gasteiger partial charge in [0.2, 0.25) is 11.8 Å². The first kappa shape index (κ1) is 13.1. The second-order valence-electron chi connectivity index (χ2n) is 4.97. The number of fused-ring (bicyclic) bond motifs is 1. The topological polar surface area (TPSA) is 76.3 Å². The minimum absolute atomic E-state index is 0.00918. The van der Waals surface area contributed by atoms with Gasteiger partial charge < -0.3 is 10.6 Å². The molecule has 1 aliphatic heterocycles. The molecule has 0 aliphatic carbocycles. The lowest BCUT2D eigenvalue weighted by atomic mass is 10.1. The number of benzene rings is 1. The predicted octanol–water partition coefficient (Wildman–Crippen LogP) is 1.17. The van der Waals surface area contributed by atoms with Gasteiger partial charge in [0.1, 0.15) is 0 Å². The van der Waals surface area contributed by atoms with Crippen molar-refractivity contribution in [3.05, 3.63) is 29.3 Å². The summed E-state index contributed by atoms with van der Waals surface area (Å²) in [5.41, 5.74) is 6.25. The Bertz CT molecular complexity index is 634. The number of likely N-dealkylation sites (tertiary alicyclic amines) is 1. The SMILES string of the molecule is NC(=O)C1CC(=O)N(CCc2nc3ccccc3s2)C1. The van der Waals surface area contributed by atoms with Gasteiger partial charge in [0, 0.05) is 25.9 Å². The third-order valence-corrected chi connectivity index (χ3v) is 4.65. The van der Waals surface area contributed by atoms with Crippen molar-refractivity contribution in [1.82, 2.24) is 9.88 Å². The molecule has 2 heterocycles. The Morgan fingerprint density at radius 1 is 1.45 bits per heavy atom. The Morgan fingerprint density at radius 3 is 2.95 bits per heavy atom. The quantitative estimate of drug-likeness (QED) is 0.918. The van der Waals surface area contributed by atoms with Gasteiger partial charge in [0.25, 0.3) is 0 Å². The lowest BCUT2D eigenvalue weighted by molar-refractivity contribution is -0.128. The van der Waals surface area contributed by atoms with E-state index in [1.54, 1.807) is 16.2 Å². The molecule has 6 heteroatoms. The first-order valence-electron chi connectivity index (χ1n) is 6.55. The Labute approximate surface area is 120 Å². The van der Waals surface area contributed by atoms with E-state index in [4.69, 9.17) is 5.73 Å². The minimum atomic E-state index is -0.388. The molecule has 3 rings (SSSR count). The summed E-state index contributed by atoms with van der Waals surface area (Å²) < 4.78 is 1.16. The van der Waals surface area contributed by atoms with E-state index in [1.807, 2.05) is 24.3 Å². The van der Waals surface area contributed by atoms with Crippen molar-refractivity contribution in [2.24, 2.45) is 11.7 Å². The van der Waals surface area contributed by atoms with Gasteiger partial charge in [-0.25, -0.2) is 4.98 Å². The molecule has 20 heavy (non-hydrogen) atoms. The first-order chi connectivity index (χ1) is 9.63. The molecule has 1 aromatic heterocycles. The van der Waals surface area contributed by atoms with E-state index in [2.05, 4.69) is 4.98 Å². The van der Waals surface area contributed by atoms with E-state index < -0.39 is 0 Å². The highest BCUT2D eigenvalue weighted by atomic mass is 32.1. The lowest BCUT2D eigenvalue weighted by Gasteiger charge is -2.14. The molecule has 0 radical (unpaired) electrons. The van der Waals surface area contributed by atoms with Crippen LogP contribution in [0.5, 0.6) is 0 Å². The number of nitrogens with two attached hydrogens (primary N) is 1. The number of carbonyl (C=O) groups is 2. The van der Waals surface area contributed by atoms with Crippen LogP contribution in [-0.2, 0) is 16.0 Å². The van der Waals surface area contributed by atoms with Crippen molar-refractivity contribution in [3.63, 3.8) is 0 Å². The van der Waals surface area contributed by atoms with Crippen LogP contribution in [0, 0.1) is 5.92 Å². The first-order valence-corrected chi connectivity index (χ1v) is 7.36. The Hall–Kier alpha value is -1.95. The molecular weight excluding hydrogens is 274 g/mol. The Morgan fingerprint density at radius 2 is 2.25 bits per heavy atom. The van der Waals surface area contributed by atoms with Gasteiger partial charge in [-0.05, 0) is 12.1 Å². The number of aromatic nitrogens is 1. The summed E-state index contributed by atoms with van der Waals surface area (Å²) in [4.78, 5) is 29.2. The van der Waals surface area contributed by atoms with Crippen LogP contribution in [-0.4, -0.2) is 34.8 Å². The summed E-state index contributed by atoms with van der Waals surface area (Å²) in [5, 5.41) is 1.02. The van der Waals surface area contributed by atoms with Gasteiger partial charge >= 0.3 is 0 Å². The van der Waals surface area contributed by atoms with Gasteiger partial charge in [0.15, 0.2) is 0 Å². The van der Waals surface area contributed by atoms with E-state index in [-0.39, 0.29) is 24.2 Å². The monoisotopic (exact) mass is 289 g/mol. The molecule has 2 amide bonds. The normalized spacial score (nSPS) is 18.9. The summed E-state index contributed by atoms with van der Waals surface area (Å²) in [6.07, 6.45) is 0.964. The average Bonchev–Trinajstić information content (AvgIpc) is 2.99. The molecule has 0 spiro atoms. The standard InChI is InChI=1S/C14H15N3O2S/c15-14(19)9-7-13(18)17(8-9)6-5-12-16-10-3-1-2-4-11(10)20-12/h1-4,9H,5-8H2,(H2,15,19). The van der Waals surface area contributed by atoms with E-state index in [0.29, 0.717) is 13.1 Å². The Kier molecular flexibility index (Phi) is 3.40. The molecule has 1 fully saturated rings. The molecule has 1 unspecified atom stereocenters. The van der Waals surface area contributed by atoms with Crippen LogP contribution in [0.1, 0.15) is 11.4 Å². The van der Waals surface area contributed by atoms with Crippen LogP contribution in [0.3, 0.4) is 0 Å². The molecular formula is C14H15N3O2S. The van der Waals surface area contributed by atoms with Gasteiger partial charge in [-0.3, -0.25) is 9.59 Å². The third kappa shape index (κ3) is 2.51. The average molecular weight is 289 g/mol. The van der Waals surface area contributed by atoms with E-state index >= 15 is 0 Å². The highest BCUT2D eigenvalue weighted by Crippen LogP contribution is 2.23. The van der Waals surface area contributed by atoms with Crippen LogP contribution < -0.4 is 5.73 Å². The zero-order valence-corrected chi connectivity index (χ0v) is 11.7. The maximum atomic E-state index is 11.8. The molecule has 1 atom stereocenters. The number of rotatable bonds is 4. The molecule has 1 aliphatic rings. The van der Waals surface area contributed by atoms with Crippen LogP contribution in [0.4, 0.5) is 0 Å². The highest BCUT2D eigenvalue weighted by molar-refractivity contribution is 7.18. The van der Waals surface area contributed by atoms with Gasteiger partial charge in [-0.2, -0.15) is 0 Å². The van der Waals surface area contributed by atoms with E-state index in [9.17, 15) is 9.59 Å². The summed E-state index contributed by atoms with van der Waals surface area (Å²) in [6, 6.07) is 7.99. The number of para-hydroxylation sites is 1. The fourth-order valence-electron chi connectivity index (χ4n) is 2.44. The van der Waals surface area contributed by atoms with Crippen molar-refractivity contribution in [2.45, 2.75) is 12.8 Å². The largest absolute Gasteiger partial charge is 0.369 e. The molecule has 2 aromatic rings. The summed E-state index contributed by atoms with van der Waals surface area (Å²) in [7, 11) is 0. The molecule has 104 valence electrons. The van der Waals surface area contributed by atoms with Crippen molar-refractivity contribution in [1.29, 1.82) is 0 Å². The number of amides is 2. The molecule has 2 N–H and O–H groups in total. The van der Waals surface area contributed by atoms with Crippen molar-refractivity contribution >= 4 is 33.4 Å². The summed E-state index contributed by atoms with van der Waals surface area (Å²) in [6.45, 7) is 1.04. The van der Waals surface area contributed by atoms with Crippen molar-refractivity contribution < 1.29 is 9.59 Å². The third-order valence-electron chi connectivity index (χ3n) is 3.55. The second kappa shape index (κ2) is 5.20. The smallest absolute Gasteiger partial charge is 0.223 e. The van der Waals surface area contributed by atoms with Crippen LogP contribution >= 0.6 is 11.3 Å².